The zero-order valence-corrected chi connectivity index (χ0v) is 17.3. The first-order valence-electron chi connectivity index (χ1n) is 9.78. The number of hydrogen-bond acceptors (Lipinski definition) is 4. The number of piperidine rings is 1. The second kappa shape index (κ2) is 9.32. The van der Waals surface area contributed by atoms with Crippen LogP contribution >= 0.6 is 11.8 Å². The molecule has 2 fully saturated rings. The van der Waals surface area contributed by atoms with Crippen LogP contribution in [-0.4, -0.2) is 72.2 Å². The largest absolute Gasteiger partial charge is 0.339 e. The SMILES string of the molecule is CN(C)C(=O)Sc1ccccc1NC(=O)C1CCN(C(=O)N2CCCC2)CC1. The van der Waals surface area contributed by atoms with Gasteiger partial charge in [0.25, 0.3) is 5.24 Å². The first-order valence-corrected chi connectivity index (χ1v) is 10.6. The van der Waals surface area contributed by atoms with Crippen molar-refractivity contribution in [3.05, 3.63) is 24.3 Å². The van der Waals surface area contributed by atoms with Crippen LogP contribution in [0.5, 0.6) is 0 Å². The molecule has 4 amide bonds. The second-order valence-electron chi connectivity index (χ2n) is 7.49. The molecular weight excluding hydrogens is 376 g/mol. The van der Waals surface area contributed by atoms with Gasteiger partial charge in [0, 0.05) is 51.1 Å². The number of anilines is 1. The average molecular weight is 405 g/mol. The number of thioether (sulfide) groups is 1. The summed E-state index contributed by atoms with van der Waals surface area (Å²) in [5.74, 6) is -0.163. The Morgan fingerprint density at radius 3 is 2.25 bits per heavy atom. The molecule has 8 heteroatoms. The maximum absolute atomic E-state index is 12.7. The molecule has 0 atom stereocenters. The van der Waals surface area contributed by atoms with Crippen LogP contribution in [0, 0.1) is 5.92 Å². The van der Waals surface area contributed by atoms with Crippen molar-refractivity contribution >= 4 is 34.6 Å². The molecule has 0 aliphatic carbocycles. The van der Waals surface area contributed by atoms with Gasteiger partial charge in [0.2, 0.25) is 5.91 Å². The van der Waals surface area contributed by atoms with Crippen LogP contribution in [0.3, 0.4) is 0 Å². The quantitative estimate of drug-likeness (QED) is 0.785. The van der Waals surface area contributed by atoms with E-state index in [9.17, 15) is 14.4 Å². The normalized spacial score (nSPS) is 17.5. The van der Waals surface area contributed by atoms with Gasteiger partial charge in [0.05, 0.1) is 5.69 Å². The van der Waals surface area contributed by atoms with Crippen LogP contribution in [0.2, 0.25) is 0 Å². The molecule has 28 heavy (non-hydrogen) atoms. The number of urea groups is 1. The molecule has 2 saturated heterocycles. The zero-order chi connectivity index (χ0) is 20.1. The van der Waals surface area contributed by atoms with Crippen molar-refractivity contribution < 1.29 is 14.4 Å². The van der Waals surface area contributed by atoms with Crippen LogP contribution in [0.4, 0.5) is 15.3 Å². The third-order valence-corrected chi connectivity index (χ3v) is 6.34. The van der Waals surface area contributed by atoms with Crippen molar-refractivity contribution in [1.29, 1.82) is 0 Å². The molecule has 0 saturated carbocycles. The Morgan fingerprint density at radius 2 is 1.61 bits per heavy atom. The Bertz CT molecular complexity index is 726. The Kier molecular flexibility index (Phi) is 6.83. The van der Waals surface area contributed by atoms with Gasteiger partial charge < -0.3 is 20.0 Å². The number of amides is 4. The fourth-order valence-corrected chi connectivity index (χ4v) is 4.27. The molecule has 0 unspecified atom stereocenters. The van der Waals surface area contributed by atoms with Crippen LogP contribution in [0.1, 0.15) is 25.7 Å². The van der Waals surface area contributed by atoms with Crippen LogP contribution in [-0.2, 0) is 4.79 Å². The predicted molar refractivity (Wildman–Crippen MR) is 111 cm³/mol. The van der Waals surface area contributed by atoms with Crippen molar-refractivity contribution in [1.82, 2.24) is 14.7 Å². The van der Waals surface area contributed by atoms with Crippen molar-refractivity contribution in [2.45, 2.75) is 30.6 Å². The molecule has 1 N–H and O–H groups in total. The van der Waals surface area contributed by atoms with Gasteiger partial charge in [-0.05, 0) is 49.6 Å². The van der Waals surface area contributed by atoms with Crippen molar-refractivity contribution in [3.63, 3.8) is 0 Å². The average Bonchev–Trinajstić information content (AvgIpc) is 3.23. The first-order chi connectivity index (χ1) is 13.5. The maximum Gasteiger partial charge on any atom is 0.319 e. The highest BCUT2D eigenvalue weighted by molar-refractivity contribution is 8.13. The van der Waals surface area contributed by atoms with E-state index in [0.717, 1.165) is 42.6 Å². The van der Waals surface area contributed by atoms with Crippen molar-refractivity contribution in [2.24, 2.45) is 5.92 Å². The molecule has 2 aliphatic heterocycles. The number of likely N-dealkylation sites (tertiary alicyclic amines) is 2. The third kappa shape index (κ3) is 4.98. The molecule has 3 rings (SSSR count). The molecule has 0 radical (unpaired) electrons. The van der Waals surface area contributed by atoms with E-state index in [0.29, 0.717) is 31.6 Å². The smallest absolute Gasteiger partial charge is 0.319 e. The lowest BCUT2D eigenvalue weighted by Crippen LogP contribution is -2.47. The van der Waals surface area contributed by atoms with Crippen molar-refractivity contribution in [3.8, 4) is 0 Å². The predicted octanol–water partition coefficient (Wildman–Crippen LogP) is 3.33. The summed E-state index contributed by atoms with van der Waals surface area (Å²) in [5, 5.41) is 2.89. The van der Waals surface area contributed by atoms with Gasteiger partial charge in [-0.3, -0.25) is 9.59 Å². The summed E-state index contributed by atoms with van der Waals surface area (Å²) in [6.45, 7) is 2.92. The maximum atomic E-state index is 12.7. The topological polar surface area (TPSA) is 73.0 Å². The Labute approximate surface area is 170 Å². The summed E-state index contributed by atoms with van der Waals surface area (Å²) in [6.07, 6.45) is 3.49. The summed E-state index contributed by atoms with van der Waals surface area (Å²) < 4.78 is 0. The van der Waals surface area contributed by atoms with E-state index in [1.165, 1.54) is 4.90 Å². The van der Waals surface area contributed by atoms with E-state index in [1.54, 1.807) is 14.1 Å². The van der Waals surface area contributed by atoms with Gasteiger partial charge in [-0.15, -0.1) is 0 Å². The van der Waals surface area contributed by atoms with Gasteiger partial charge in [0.15, 0.2) is 0 Å². The number of nitrogens with zero attached hydrogens (tertiary/aromatic N) is 3. The van der Waals surface area contributed by atoms with Gasteiger partial charge in [-0.1, -0.05) is 12.1 Å². The number of hydrogen-bond donors (Lipinski definition) is 1. The number of carbonyl (C=O) groups excluding carboxylic acids is 3. The van der Waals surface area contributed by atoms with Crippen LogP contribution in [0.15, 0.2) is 29.2 Å². The number of nitrogens with one attached hydrogen (secondary N) is 1. The summed E-state index contributed by atoms with van der Waals surface area (Å²) in [7, 11) is 3.40. The van der Waals surface area contributed by atoms with Gasteiger partial charge in [-0.25, -0.2) is 4.79 Å². The van der Waals surface area contributed by atoms with Crippen LogP contribution in [0.25, 0.3) is 0 Å². The van der Waals surface area contributed by atoms with E-state index < -0.39 is 0 Å². The molecule has 1 aromatic carbocycles. The molecule has 152 valence electrons. The first kappa shape index (κ1) is 20.5. The van der Waals surface area contributed by atoms with E-state index in [1.807, 2.05) is 34.1 Å². The third-order valence-electron chi connectivity index (χ3n) is 5.22. The zero-order valence-electron chi connectivity index (χ0n) is 16.5. The monoisotopic (exact) mass is 404 g/mol. The molecule has 7 nitrogen and oxygen atoms in total. The van der Waals surface area contributed by atoms with Gasteiger partial charge in [-0.2, -0.15) is 0 Å². The lowest BCUT2D eigenvalue weighted by Gasteiger charge is -2.34. The summed E-state index contributed by atoms with van der Waals surface area (Å²) >= 11 is 1.10. The number of carbonyl (C=O) groups is 3. The number of benzene rings is 1. The Hall–Kier alpha value is -2.22. The summed E-state index contributed by atoms with van der Waals surface area (Å²) in [6, 6.07) is 7.45. The lowest BCUT2D eigenvalue weighted by molar-refractivity contribution is -0.121. The molecule has 1 aromatic rings. The molecule has 0 spiro atoms. The van der Waals surface area contributed by atoms with E-state index >= 15 is 0 Å². The molecule has 0 bridgehead atoms. The minimum absolute atomic E-state index is 0.0429. The molecule has 2 heterocycles. The highest BCUT2D eigenvalue weighted by Crippen LogP contribution is 2.30. The highest BCUT2D eigenvalue weighted by Gasteiger charge is 2.30. The molecular formula is C20H28N4O3S. The molecule has 2 aliphatic rings. The highest BCUT2D eigenvalue weighted by atomic mass is 32.2. The lowest BCUT2D eigenvalue weighted by atomic mass is 9.96. The fraction of sp³-hybridized carbons (Fsp3) is 0.550. The summed E-state index contributed by atoms with van der Waals surface area (Å²) in [5.41, 5.74) is 0.656. The van der Waals surface area contributed by atoms with E-state index in [4.69, 9.17) is 0 Å². The second-order valence-corrected chi connectivity index (χ2v) is 8.48. The fourth-order valence-electron chi connectivity index (χ4n) is 3.52. The number of rotatable bonds is 3. The minimum Gasteiger partial charge on any atom is -0.339 e. The Balaban J connectivity index is 1.55. The minimum atomic E-state index is -0.120. The Morgan fingerprint density at radius 1 is 1.00 bits per heavy atom. The van der Waals surface area contributed by atoms with Gasteiger partial charge >= 0.3 is 6.03 Å². The van der Waals surface area contributed by atoms with Crippen molar-refractivity contribution in [2.75, 3.05) is 45.6 Å². The number of para-hydroxylation sites is 1. The standard InChI is InChI=1S/C20H28N4O3S/c1-22(2)20(27)28-17-8-4-3-7-16(17)21-18(25)15-9-13-24(14-10-15)19(26)23-11-5-6-12-23/h3-4,7-8,15H,5-6,9-14H2,1-2H3,(H,21,25). The summed E-state index contributed by atoms with van der Waals surface area (Å²) in [4.78, 5) is 43.2. The van der Waals surface area contributed by atoms with Crippen LogP contribution < -0.4 is 5.32 Å². The van der Waals surface area contributed by atoms with E-state index in [2.05, 4.69) is 5.32 Å². The van der Waals surface area contributed by atoms with Gasteiger partial charge in [0.1, 0.15) is 0 Å². The molecule has 0 aromatic heterocycles. The van der Waals surface area contributed by atoms with E-state index in [-0.39, 0.29) is 23.1 Å².